The molecular formula is C9H19NO2. The number of hydrogen-bond donors (Lipinski definition) is 1. The first-order valence-electron chi connectivity index (χ1n) is 4.64. The van der Waals surface area contributed by atoms with E-state index in [0.717, 1.165) is 19.7 Å². The summed E-state index contributed by atoms with van der Waals surface area (Å²) in [5.41, 5.74) is 0. The van der Waals surface area contributed by atoms with Gasteiger partial charge in [0.15, 0.2) is 0 Å². The van der Waals surface area contributed by atoms with Gasteiger partial charge >= 0.3 is 0 Å². The second-order valence-electron chi connectivity index (χ2n) is 3.44. The van der Waals surface area contributed by atoms with Crippen LogP contribution in [0.5, 0.6) is 0 Å². The van der Waals surface area contributed by atoms with Crippen molar-refractivity contribution in [1.82, 2.24) is 5.32 Å². The quantitative estimate of drug-likeness (QED) is 0.662. The molecule has 1 aliphatic rings. The number of rotatable bonds is 5. The van der Waals surface area contributed by atoms with Crippen LogP contribution in [0.15, 0.2) is 0 Å². The van der Waals surface area contributed by atoms with E-state index < -0.39 is 0 Å². The second-order valence-corrected chi connectivity index (χ2v) is 3.44. The van der Waals surface area contributed by atoms with Crippen LogP contribution in [0.3, 0.4) is 0 Å². The molecule has 1 N–H and O–H groups in total. The topological polar surface area (TPSA) is 30.5 Å². The molecule has 1 heterocycles. The molecule has 0 bridgehead atoms. The van der Waals surface area contributed by atoms with Crippen molar-refractivity contribution in [3.8, 4) is 0 Å². The van der Waals surface area contributed by atoms with Gasteiger partial charge in [0, 0.05) is 13.7 Å². The van der Waals surface area contributed by atoms with Gasteiger partial charge in [-0.1, -0.05) is 0 Å². The predicted octanol–water partition coefficient (Wildman–Crippen LogP) is 0.647. The van der Waals surface area contributed by atoms with Crippen LogP contribution in [0.1, 0.15) is 13.3 Å². The Morgan fingerprint density at radius 1 is 1.58 bits per heavy atom. The fraction of sp³-hybridized carbons (Fsp3) is 1.00. The highest BCUT2D eigenvalue weighted by molar-refractivity contribution is 4.70. The summed E-state index contributed by atoms with van der Waals surface area (Å²) in [7, 11) is 1.71. The van der Waals surface area contributed by atoms with E-state index in [1.807, 2.05) is 6.92 Å². The molecule has 0 aromatic heterocycles. The van der Waals surface area contributed by atoms with Crippen LogP contribution in [-0.4, -0.2) is 39.5 Å². The van der Waals surface area contributed by atoms with E-state index in [1.54, 1.807) is 7.11 Å². The Bertz CT molecular complexity index is 113. The summed E-state index contributed by atoms with van der Waals surface area (Å²) < 4.78 is 10.6. The number of methoxy groups -OCH3 is 1. The van der Waals surface area contributed by atoms with E-state index >= 15 is 0 Å². The molecule has 0 saturated carbocycles. The van der Waals surface area contributed by atoms with E-state index in [1.165, 1.54) is 6.42 Å². The lowest BCUT2D eigenvalue weighted by atomic mass is 10.1. The Balaban J connectivity index is 1.94. The molecule has 1 fully saturated rings. The summed E-state index contributed by atoms with van der Waals surface area (Å²) in [6.45, 7) is 5.87. The Morgan fingerprint density at radius 2 is 2.42 bits per heavy atom. The highest BCUT2D eigenvalue weighted by Gasteiger charge is 2.14. The number of nitrogens with one attached hydrogen (secondary N) is 1. The molecule has 2 atom stereocenters. The Kier molecular flexibility index (Phi) is 4.58. The standard InChI is InChI=1S/C9H19NO2/c1-8(11-2)6-12-7-9-3-4-10-5-9/h8-10H,3-7H2,1-2H3. The zero-order chi connectivity index (χ0) is 8.81. The third kappa shape index (κ3) is 3.52. The largest absolute Gasteiger partial charge is 0.379 e. The summed E-state index contributed by atoms with van der Waals surface area (Å²) in [5.74, 6) is 0.717. The van der Waals surface area contributed by atoms with Gasteiger partial charge < -0.3 is 14.8 Å². The van der Waals surface area contributed by atoms with Crippen LogP contribution in [0.25, 0.3) is 0 Å². The number of hydrogen-bond acceptors (Lipinski definition) is 3. The van der Waals surface area contributed by atoms with E-state index in [4.69, 9.17) is 9.47 Å². The molecule has 1 saturated heterocycles. The van der Waals surface area contributed by atoms with Crippen LogP contribution in [0.4, 0.5) is 0 Å². The Labute approximate surface area is 74.4 Å². The van der Waals surface area contributed by atoms with E-state index in [2.05, 4.69) is 5.32 Å². The van der Waals surface area contributed by atoms with Gasteiger partial charge in [-0.25, -0.2) is 0 Å². The molecule has 1 rings (SSSR count). The fourth-order valence-electron chi connectivity index (χ4n) is 1.33. The Morgan fingerprint density at radius 3 is 3.00 bits per heavy atom. The first-order valence-corrected chi connectivity index (χ1v) is 4.64. The first kappa shape index (κ1) is 9.96. The minimum absolute atomic E-state index is 0.222. The molecular weight excluding hydrogens is 154 g/mol. The number of ether oxygens (including phenoxy) is 2. The van der Waals surface area contributed by atoms with Crippen molar-refractivity contribution in [3.63, 3.8) is 0 Å². The van der Waals surface area contributed by atoms with E-state index in [-0.39, 0.29) is 6.10 Å². The van der Waals surface area contributed by atoms with Crippen molar-refractivity contribution in [2.75, 3.05) is 33.4 Å². The van der Waals surface area contributed by atoms with Gasteiger partial charge in [-0.3, -0.25) is 0 Å². The van der Waals surface area contributed by atoms with Gasteiger partial charge in [0.1, 0.15) is 0 Å². The van der Waals surface area contributed by atoms with Gasteiger partial charge in [-0.2, -0.15) is 0 Å². The molecule has 3 heteroatoms. The van der Waals surface area contributed by atoms with Gasteiger partial charge in [-0.05, 0) is 25.8 Å². The van der Waals surface area contributed by atoms with Crippen LogP contribution in [0.2, 0.25) is 0 Å². The predicted molar refractivity (Wildman–Crippen MR) is 48.3 cm³/mol. The van der Waals surface area contributed by atoms with Crippen LogP contribution < -0.4 is 5.32 Å². The Hall–Kier alpha value is -0.120. The molecule has 2 unspecified atom stereocenters. The minimum Gasteiger partial charge on any atom is -0.379 e. The minimum atomic E-state index is 0.222. The highest BCUT2D eigenvalue weighted by atomic mass is 16.5. The molecule has 12 heavy (non-hydrogen) atoms. The maximum Gasteiger partial charge on any atom is 0.0776 e. The molecule has 3 nitrogen and oxygen atoms in total. The van der Waals surface area contributed by atoms with Crippen molar-refractivity contribution in [3.05, 3.63) is 0 Å². The van der Waals surface area contributed by atoms with Crippen molar-refractivity contribution in [1.29, 1.82) is 0 Å². The third-order valence-corrected chi connectivity index (χ3v) is 2.27. The molecule has 0 amide bonds. The first-order chi connectivity index (χ1) is 5.83. The highest BCUT2D eigenvalue weighted by Crippen LogP contribution is 2.07. The van der Waals surface area contributed by atoms with Gasteiger partial charge in [0.05, 0.1) is 19.3 Å². The van der Waals surface area contributed by atoms with Crippen molar-refractivity contribution in [2.45, 2.75) is 19.4 Å². The van der Waals surface area contributed by atoms with Crippen molar-refractivity contribution >= 4 is 0 Å². The van der Waals surface area contributed by atoms with Crippen LogP contribution in [-0.2, 0) is 9.47 Å². The zero-order valence-electron chi connectivity index (χ0n) is 8.01. The summed E-state index contributed by atoms with van der Waals surface area (Å²) in [5, 5.41) is 3.31. The lowest BCUT2D eigenvalue weighted by molar-refractivity contribution is 0.00832. The third-order valence-electron chi connectivity index (χ3n) is 2.27. The van der Waals surface area contributed by atoms with E-state index in [0.29, 0.717) is 12.5 Å². The molecule has 0 aromatic carbocycles. The average Bonchev–Trinajstić information content (AvgIpc) is 2.57. The molecule has 0 aromatic rings. The summed E-state index contributed by atoms with van der Waals surface area (Å²) >= 11 is 0. The van der Waals surface area contributed by atoms with Crippen LogP contribution in [0, 0.1) is 5.92 Å². The fourth-order valence-corrected chi connectivity index (χ4v) is 1.33. The van der Waals surface area contributed by atoms with E-state index in [9.17, 15) is 0 Å². The normalized spacial score (nSPS) is 26.0. The lowest BCUT2D eigenvalue weighted by Crippen LogP contribution is -2.19. The molecule has 72 valence electrons. The molecule has 0 radical (unpaired) electrons. The van der Waals surface area contributed by atoms with Crippen molar-refractivity contribution < 1.29 is 9.47 Å². The lowest BCUT2D eigenvalue weighted by Gasteiger charge is -2.12. The SMILES string of the molecule is COC(C)COCC1CCNC1. The van der Waals surface area contributed by atoms with Crippen molar-refractivity contribution in [2.24, 2.45) is 5.92 Å². The maximum atomic E-state index is 5.51. The molecule has 0 spiro atoms. The van der Waals surface area contributed by atoms with Gasteiger partial charge in [0.25, 0.3) is 0 Å². The summed E-state index contributed by atoms with van der Waals surface area (Å²) in [6.07, 6.45) is 1.47. The maximum absolute atomic E-state index is 5.51. The molecule has 1 aliphatic heterocycles. The average molecular weight is 173 g/mol. The zero-order valence-corrected chi connectivity index (χ0v) is 8.01. The second kappa shape index (κ2) is 5.51. The molecule has 0 aliphatic carbocycles. The summed E-state index contributed by atoms with van der Waals surface area (Å²) in [6, 6.07) is 0. The smallest absolute Gasteiger partial charge is 0.0776 e. The van der Waals surface area contributed by atoms with Gasteiger partial charge in [-0.15, -0.1) is 0 Å². The van der Waals surface area contributed by atoms with Gasteiger partial charge in [0.2, 0.25) is 0 Å². The van der Waals surface area contributed by atoms with Crippen LogP contribution >= 0.6 is 0 Å². The summed E-state index contributed by atoms with van der Waals surface area (Å²) in [4.78, 5) is 0. The monoisotopic (exact) mass is 173 g/mol.